The lowest BCUT2D eigenvalue weighted by Crippen LogP contribution is -2.54. The molecular formula is C18H30N4O4. The number of hydrogen-bond donors (Lipinski definition) is 1. The van der Waals surface area contributed by atoms with Crippen LogP contribution in [-0.4, -0.2) is 77.1 Å². The van der Waals surface area contributed by atoms with Gasteiger partial charge in [-0.15, -0.1) is 0 Å². The van der Waals surface area contributed by atoms with Gasteiger partial charge in [-0.2, -0.15) is 0 Å². The highest BCUT2D eigenvalue weighted by atomic mass is 16.6. The minimum atomic E-state index is -0.528. The standard InChI is InChI=1S/C18H30N4O4/c1-13(2)5-9-21-12-18(26-17(21)25)6-10-20(11-7-18)15(23)14-4-3-8-22(14)16(19)24/h13-14H,3-12H2,1-2H3,(H2,19,24)/t14-/m1/s1. The molecule has 0 bridgehead atoms. The van der Waals surface area contributed by atoms with Crippen molar-refractivity contribution in [2.45, 2.75) is 57.6 Å². The van der Waals surface area contributed by atoms with Crippen LogP contribution < -0.4 is 5.73 Å². The van der Waals surface area contributed by atoms with Gasteiger partial charge >= 0.3 is 12.1 Å². The lowest BCUT2D eigenvalue weighted by Gasteiger charge is -2.39. The Morgan fingerprint density at radius 1 is 1.27 bits per heavy atom. The van der Waals surface area contributed by atoms with Gasteiger partial charge in [0, 0.05) is 39.0 Å². The molecule has 0 unspecified atom stereocenters. The summed E-state index contributed by atoms with van der Waals surface area (Å²) < 4.78 is 5.71. The minimum Gasteiger partial charge on any atom is -0.441 e. The molecule has 146 valence electrons. The van der Waals surface area contributed by atoms with Crippen LogP contribution in [0.15, 0.2) is 0 Å². The van der Waals surface area contributed by atoms with Crippen molar-refractivity contribution in [1.29, 1.82) is 0 Å². The monoisotopic (exact) mass is 366 g/mol. The summed E-state index contributed by atoms with van der Waals surface area (Å²) in [5.74, 6) is 0.510. The van der Waals surface area contributed by atoms with E-state index in [1.807, 2.05) is 0 Å². The first-order valence-electron chi connectivity index (χ1n) is 9.64. The van der Waals surface area contributed by atoms with Crippen LogP contribution >= 0.6 is 0 Å². The number of ether oxygens (including phenoxy) is 1. The first-order valence-corrected chi connectivity index (χ1v) is 9.64. The van der Waals surface area contributed by atoms with Crippen LogP contribution in [-0.2, 0) is 9.53 Å². The maximum absolute atomic E-state index is 12.8. The summed E-state index contributed by atoms with van der Waals surface area (Å²) >= 11 is 0. The lowest BCUT2D eigenvalue weighted by molar-refractivity contribution is -0.138. The molecule has 0 aromatic rings. The van der Waals surface area contributed by atoms with Gasteiger partial charge in [-0.05, 0) is 25.2 Å². The Morgan fingerprint density at radius 3 is 2.58 bits per heavy atom. The van der Waals surface area contributed by atoms with Crippen LogP contribution in [0.3, 0.4) is 0 Å². The molecule has 0 radical (unpaired) electrons. The molecule has 3 saturated heterocycles. The molecule has 4 amide bonds. The van der Waals surface area contributed by atoms with Gasteiger partial charge in [-0.3, -0.25) is 4.79 Å². The van der Waals surface area contributed by atoms with Crippen LogP contribution in [0.25, 0.3) is 0 Å². The number of urea groups is 1. The summed E-state index contributed by atoms with van der Waals surface area (Å²) in [6.45, 7) is 7.25. The molecule has 8 heteroatoms. The van der Waals surface area contributed by atoms with Crippen LogP contribution in [0.1, 0.15) is 46.0 Å². The minimum absolute atomic E-state index is 0.0304. The van der Waals surface area contributed by atoms with E-state index in [0.717, 1.165) is 19.4 Å². The number of rotatable bonds is 4. The van der Waals surface area contributed by atoms with Crippen molar-refractivity contribution < 1.29 is 19.1 Å². The quantitative estimate of drug-likeness (QED) is 0.813. The molecule has 1 spiro atoms. The largest absolute Gasteiger partial charge is 0.441 e. The fraction of sp³-hybridized carbons (Fsp3) is 0.833. The van der Waals surface area contributed by atoms with Crippen molar-refractivity contribution >= 4 is 18.0 Å². The predicted molar refractivity (Wildman–Crippen MR) is 95.4 cm³/mol. The van der Waals surface area contributed by atoms with Gasteiger partial charge in [0.05, 0.1) is 6.54 Å². The van der Waals surface area contributed by atoms with E-state index >= 15 is 0 Å². The first kappa shape index (κ1) is 18.8. The molecule has 0 aliphatic carbocycles. The fourth-order valence-corrected chi connectivity index (χ4v) is 4.17. The molecule has 3 aliphatic heterocycles. The van der Waals surface area contributed by atoms with Gasteiger partial charge in [-0.25, -0.2) is 9.59 Å². The number of hydrogen-bond acceptors (Lipinski definition) is 4. The Hall–Kier alpha value is -1.99. The van der Waals surface area contributed by atoms with Gasteiger partial charge in [0.2, 0.25) is 5.91 Å². The normalized spacial score (nSPS) is 25.3. The maximum Gasteiger partial charge on any atom is 0.410 e. The van der Waals surface area contributed by atoms with Gasteiger partial charge < -0.3 is 25.2 Å². The molecule has 3 aliphatic rings. The topological polar surface area (TPSA) is 96.2 Å². The van der Waals surface area contributed by atoms with Crippen LogP contribution in [0.4, 0.5) is 9.59 Å². The van der Waals surface area contributed by atoms with E-state index in [1.54, 1.807) is 9.80 Å². The highest BCUT2D eigenvalue weighted by Crippen LogP contribution is 2.34. The Bertz CT molecular complexity index is 572. The molecule has 3 heterocycles. The van der Waals surface area contributed by atoms with E-state index in [1.165, 1.54) is 4.90 Å². The van der Waals surface area contributed by atoms with Gasteiger partial charge in [0.1, 0.15) is 11.6 Å². The van der Waals surface area contributed by atoms with E-state index < -0.39 is 17.7 Å². The fourth-order valence-electron chi connectivity index (χ4n) is 4.17. The SMILES string of the molecule is CC(C)CCN1CC2(CCN(C(=O)[C@H]3CCCN3C(N)=O)CC2)OC1=O. The van der Waals surface area contributed by atoms with Crippen molar-refractivity contribution in [3.05, 3.63) is 0 Å². The average Bonchev–Trinajstić information content (AvgIpc) is 3.18. The van der Waals surface area contributed by atoms with E-state index in [4.69, 9.17) is 10.5 Å². The molecule has 0 aromatic carbocycles. The van der Waals surface area contributed by atoms with Gasteiger partial charge in [0.15, 0.2) is 0 Å². The lowest BCUT2D eigenvalue weighted by atomic mass is 9.90. The van der Waals surface area contributed by atoms with Crippen LogP contribution in [0.5, 0.6) is 0 Å². The second-order valence-electron chi connectivity index (χ2n) is 8.17. The maximum atomic E-state index is 12.8. The van der Waals surface area contributed by atoms with Crippen molar-refractivity contribution in [2.24, 2.45) is 11.7 Å². The number of carbonyl (C=O) groups is 3. The summed E-state index contributed by atoms with van der Waals surface area (Å²) in [6.07, 6.45) is 3.49. The van der Waals surface area contributed by atoms with Crippen molar-refractivity contribution in [2.75, 3.05) is 32.7 Å². The van der Waals surface area contributed by atoms with Gasteiger partial charge in [0.25, 0.3) is 0 Å². The summed E-state index contributed by atoms with van der Waals surface area (Å²) in [6, 6.07) is -0.963. The number of amides is 4. The van der Waals surface area contributed by atoms with Crippen LogP contribution in [0.2, 0.25) is 0 Å². The first-order chi connectivity index (χ1) is 12.3. The summed E-state index contributed by atoms with van der Waals surface area (Å²) in [7, 11) is 0. The number of nitrogens with two attached hydrogens (primary N) is 1. The molecule has 8 nitrogen and oxygen atoms in total. The van der Waals surface area contributed by atoms with E-state index in [0.29, 0.717) is 51.4 Å². The number of piperidine rings is 1. The van der Waals surface area contributed by atoms with Crippen LogP contribution in [0, 0.1) is 5.92 Å². The van der Waals surface area contributed by atoms with E-state index in [-0.39, 0.29) is 12.0 Å². The average molecular weight is 366 g/mol. The van der Waals surface area contributed by atoms with E-state index in [2.05, 4.69) is 13.8 Å². The zero-order chi connectivity index (χ0) is 18.9. The Morgan fingerprint density at radius 2 is 1.96 bits per heavy atom. The molecule has 0 saturated carbocycles. The summed E-state index contributed by atoms with van der Waals surface area (Å²) in [5, 5.41) is 0. The predicted octanol–water partition coefficient (Wildman–Crippen LogP) is 1.39. The van der Waals surface area contributed by atoms with Crippen molar-refractivity contribution in [3.63, 3.8) is 0 Å². The van der Waals surface area contributed by atoms with Crippen molar-refractivity contribution in [1.82, 2.24) is 14.7 Å². The number of carbonyl (C=O) groups excluding carboxylic acids is 3. The molecule has 1 atom stereocenters. The zero-order valence-electron chi connectivity index (χ0n) is 15.8. The molecule has 0 aromatic heterocycles. The van der Waals surface area contributed by atoms with E-state index in [9.17, 15) is 14.4 Å². The third-order valence-electron chi connectivity index (χ3n) is 5.82. The number of primary amides is 1. The highest BCUT2D eigenvalue weighted by Gasteiger charge is 2.48. The zero-order valence-corrected chi connectivity index (χ0v) is 15.8. The smallest absolute Gasteiger partial charge is 0.410 e. The third-order valence-corrected chi connectivity index (χ3v) is 5.82. The Kier molecular flexibility index (Phi) is 5.29. The Balaban J connectivity index is 1.55. The molecule has 26 heavy (non-hydrogen) atoms. The molecule has 2 N–H and O–H groups in total. The number of likely N-dealkylation sites (tertiary alicyclic amines) is 2. The Labute approximate surface area is 154 Å². The second kappa shape index (κ2) is 7.32. The van der Waals surface area contributed by atoms with Gasteiger partial charge in [-0.1, -0.05) is 13.8 Å². The third kappa shape index (κ3) is 3.73. The van der Waals surface area contributed by atoms with Crippen molar-refractivity contribution in [3.8, 4) is 0 Å². The summed E-state index contributed by atoms with van der Waals surface area (Å²) in [5.41, 5.74) is 4.91. The second-order valence-corrected chi connectivity index (χ2v) is 8.17. The molecule has 3 rings (SSSR count). The summed E-state index contributed by atoms with van der Waals surface area (Å²) in [4.78, 5) is 41.5. The molecular weight excluding hydrogens is 336 g/mol. The number of nitrogens with zero attached hydrogens (tertiary/aromatic N) is 3. The molecule has 3 fully saturated rings. The highest BCUT2D eigenvalue weighted by molar-refractivity contribution is 5.87.